The van der Waals surface area contributed by atoms with Crippen molar-refractivity contribution in [1.82, 2.24) is 10.3 Å². The Morgan fingerprint density at radius 1 is 1.35 bits per heavy atom. The van der Waals surface area contributed by atoms with E-state index in [-0.39, 0.29) is 12.5 Å². The number of ether oxygens (including phenoxy) is 2. The third-order valence-electron chi connectivity index (χ3n) is 3.93. The molecule has 0 radical (unpaired) electrons. The summed E-state index contributed by atoms with van der Waals surface area (Å²) in [5.74, 6) is -0.745. The van der Waals surface area contributed by atoms with Crippen molar-refractivity contribution in [2.75, 3.05) is 19.8 Å². The fraction of sp³-hybridized carbons (Fsp3) is 0.412. The molecule has 1 amide bonds. The monoisotopic (exact) mass is 316 g/mol. The van der Waals surface area contributed by atoms with E-state index in [1.165, 1.54) is 0 Å². The highest BCUT2D eigenvalue weighted by molar-refractivity contribution is 5.83. The molecule has 23 heavy (non-hydrogen) atoms. The Kier molecular flexibility index (Phi) is 4.92. The van der Waals surface area contributed by atoms with Crippen LogP contribution in [0.15, 0.2) is 30.5 Å². The normalized spacial score (nSPS) is 17.3. The minimum Gasteiger partial charge on any atom is -0.454 e. The molecule has 2 aromatic rings. The van der Waals surface area contributed by atoms with Crippen LogP contribution in [-0.4, -0.2) is 42.7 Å². The zero-order chi connectivity index (χ0) is 16.1. The maximum atomic E-state index is 11.7. The van der Waals surface area contributed by atoms with Crippen molar-refractivity contribution in [3.05, 3.63) is 36.0 Å². The molecule has 2 N–H and O–H groups in total. The van der Waals surface area contributed by atoms with Crippen LogP contribution < -0.4 is 5.32 Å². The molecular formula is C17H20N2O4. The first kappa shape index (κ1) is 15.6. The zero-order valence-corrected chi connectivity index (χ0v) is 12.8. The highest BCUT2D eigenvalue weighted by Crippen LogP contribution is 2.17. The molecule has 1 aromatic heterocycles. The van der Waals surface area contributed by atoms with Crippen LogP contribution in [0.3, 0.4) is 0 Å². The predicted molar refractivity (Wildman–Crippen MR) is 84.9 cm³/mol. The number of rotatable bonds is 6. The average molecular weight is 316 g/mol. The topological polar surface area (TPSA) is 80.4 Å². The van der Waals surface area contributed by atoms with E-state index in [1.54, 1.807) is 0 Å². The number of benzene rings is 1. The van der Waals surface area contributed by atoms with Gasteiger partial charge in [0.05, 0.1) is 0 Å². The zero-order valence-electron chi connectivity index (χ0n) is 12.8. The second kappa shape index (κ2) is 7.28. The molecule has 0 spiro atoms. The van der Waals surface area contributed by atoms with Crippen molar-refractivity contribution in [2.45, 2.75) is 25.4 Å². The van der Waals surface area contributed by atoms with E-state index in [0.29, 0.717) is 19.6 Å². The molecule has 1 saturated heterocycles. The minimum atomic E-state index is -0.506. The second-order valence-corrected chi connectivity index (χ2v) is 5.57. The lowest BCUT2D eigenvalue weighted by Gasteiger charge is -2.09. The summed E-state index contributed by atoms with van der Waals surface area (Å²) >= 11 is 0. The van der Waals surface area contributed by atoms with Gasteiger partial charge in [0.25, 0.3) is 5.91 Å². The van der Waals surface area contributed by atoms with Crippen molar-refractivity contribution in [1.29, 1.82) is 0 Å². The van der Waals surface area contributed by atoms with Gasteiger partial charge < -0.3 is 19.8 Å². The lowest BCUT2D eigenvalue weighted by Crippen LogP contribution is -2.32. The molecule has 1 aliphatic rings. The van der Waals surface area contributed by atoms with E-state index in [1.807, 2.05) is 30.5 Å². The van der Waals surface area contributed by atoms with Crippen molar-refractivity contribution in [3.63, 3.8) is 0 Å². The Balaban J connectivity index is 1.40. The Morgan fingerprint density at radius 2 is 2.22 bits per heavy atom. The van der Waals surface area contributed by atoms with Crippen LogP contribution in [0, 0.1) is 0 Å². The number of hydrogen-bond acceptors (Lipinski definition) is 4. The van der Waals surface area contributed by atoms with E-state index >= 15 is 0 Å². The van der Waals surface area contributed by atoms with Gasteiger partial charge in [-0.1, -0.05) is 18.2 Å². The molecule has 0 aliphatic carbocycles. The van der Waals surface area contributed by atoms with Gasteiger partial charge in [0, 0.05) is 30.3 Å². The molecule has 0 bridgehead atoms. The molecular weight excluding hydrogens is 296 g/mol. The van der Waals surface area contributed by atoms with Crippen LogP contribution in [0.4, 0.5) is 0 Å². The molecule has 122 valence electrons. The van der Waals surface area contributed by atoms with E-state index in [9.17, 15) is 9.59 Å². The largest absolute Gasteiger partial charge is 0.454 e. The quantitative estimate of drug-likeness (QED) is 0.792. The second-order valence-electron chi connectivity index (χ2n) is 5.57. The number of H-pyrrole nitrogens is 1. The highest BCUT2D eigenvalue weighted by atomic mass is 16.6. The summed E-state index contributed by atoms with van der Waals surface area (Å²) in [5, 5.41) is 3.92. The van der Waals surface area contributed by atoms with Gasteiger partial charge in [-0.05, 0) is 30.9 Å². The Bertz CT molecular complexity index is 689. The summed E-state index contributed by atoms with van der Waals surface area (Å²) in [4.78, 5) is 26.5. The number of esters is 1. The number of aromatic nitrogens is 1. The Hall–Kier alpha value is -2.34. The van der Waals surface area contributed by atoms with Gasteiger partial charge in [-0.25, -0.2) is 4.79 Å². The predicted octanol–water partition coefficient (Wildman–Crippen LogP) is 1.55. The van der Waals surface area contributed by atoms with Crippen LogP contribution in [-0.2, 0) is 25.5 Å². The van der Waals surface area contributed by atoms with Gasteiger partial charge in [0.15, 0.2) is 12.7 Å². The molecule has 6 heteroatoms. The lowest BCUT2D eigenvalue weighted by molar-refractivity contribution is -0.157. The standard InChI is InChI=1S/C17H20N2O4/c20-16(11-23-17(21)15-6-3-9-22-15)18-8-7-12-10-19-14-5-2-1-4-13(12)14/h1-2,4-5,10,15,19H,3,6-9,11H2,(H,18,20)/t15-/m1/s1. The van der Waals surface area contributed by atoms with Crippen LogP contribution in [0.5, 0.6) is 0 Å². The van der Waals surface area contributed by atoms with E-state index < -0.39 is 12.1 Å². The summed E-state index contributed by atoms with van der Waals surface area (Å²) in [6.45, 7) is 0.821. The first-order valence-corrected chi connectivity index (χ1v) is 7.84. The molecule has 2 heterocycles. The highest BCUT2D eigenvalue weighted by Gasteiger charge is 2.25. The smallest absolute Gasteiger partial charge is 0.335 e. The van der Waals surface area contributed by atoms with Crippen molar-refractivity contribution < 1.29 is 19.1 Å². The fourth-order valence-corrected chi connectivity index (χ4v) is 2.72. The minimum absolute atomic E-state index is 0.257. The number of hydrogen-bond donors (Lipinski definition) is 2. The number of carbonyl (C=O) groups is 2. The SMILES string of the molecule is O=C(COC(=O)[C@H]1CCCO1)NCCc1c[nH]c2ccccc12. The van der Waals surface area contributed by atoms with Crippen molar-refractivity contribution >= 4 is 22.8 Å². The third kappa shape index (κ3) is 3.90. The molecule has 1 aliphatic heterocycles. The third-order valence-corrected chi connectivity index (χ3v) is 3.93. The Labute approximate surface area is 134 Å². The number of fused-ring (bicyclic) bond motifs is 1. The van der Waals surface area contributed by atoms with Gasteiger partial charge in [0.1, 0.15) is 0 Å². The fourth-order valence-electron chi connectivity index (χ4n) is 2.72. The van der Waals surface area contributed by atoms with Gasteiger partial charge in [0.2, 0.25) is 0 Å². The van der Waals surface area contributed by atoms with Crippen LogP contribution >= 0.6 is 0 Å². The van der Waals surface area contributed by atoms with Crippen molar-refractivity contribution in [3.8, 4) is 0 Å². The summed E-state index contributed by atoms with van der Waals surface area (Å²) in [6.07, 6.45) is 3.69. The first-order chi connectivity index (χ1) is 11.2. The van der Waals surface area contributed by atoms with E-state index in [4.69, 9.17) is 9.47 Å². The molecule has 0 saturated carbocycles. The Morgan fingerprint density at radius 3 is 3.04 bits per heavy atom. The summed E-state index contributed by atoms with van der Waals surface area (Å²) < 4.78 is 10.2. The summed E-state index contributed by atoms with van der Waals surface area (Å²) in [5.41, 5.74) is 2.23. The number of amides is 1. The molecule has 1 fully saturated rings. The summed E-state index contributed by atoms with van der Waals surface area (Å²) in [7, 11) is 0. The summed E-state index contributed by atoms with van der Waals surface area (Å²) in [6, 6.07) is 8.03. The number of nitrogens with one attached hydrogen (secondary N) is 2. The number of para-hydroxylation sites is 1. The molecule has 0 unspecified atom stereocenters. The molecule has 1 atom stereocenters. The van der Waals surface area contributed by atoms with Crippen molar-refractivity contribution in [2.24, 2.45) is 0 Å². The maximum Gasteiger partial charge on any atom is 0.335 e. The molecule has 6 nitrogen and oxygen atoms in total. The first-order valence-electron chi connectivity index (χ1n) is 7.84. The van der Waals surface area contributed by atoms with Gasteiger partial charge in [-0.15, -0.1) is 0 Å². The van der Waals surface area contributed by atoms with E-state index in [2.05, 4.69) is 10.3 Å². The number of aromatic amines is 1. The lowest BCUT2D eigenvalue weighted by atomic mass is 10.1. The van der Waals surface area contributed by atoms with Gasteiger partial charge in [-0.2, -0.15) is 0 Å². The molecule has 1 aromatic carbocycles. The van der Waals surface area contributed by atoms with Crippen LogP contribution in [0.25, 0.3) is 10.9 Å². The van der Waals surface area contributed by atoms with Crippen LogP contribution in [0.1, 0.15) is 18.4 Å². The maximum absolute atomic E-state index is 11.7. The van der Waals surface area contributed by atoms with Gasteiger partial charge in [-0.3, -0.25) is 4.79 Å². The molecule has 3 rings (SSSR count). The van der Waals surface area contributed by atoms with Crippen LogP contribution in [0.2, 0.25) is 0 Å². The average Bonchev–Trinajstić information content (AvgIpc) is 3.23. The van der Waals surface area contributed by atoms with E-state index in [0.717, 1.165) is 29.3 Å². The van der Waals surface area contributed by atoms with Gasteiger partial charge >= 0.3 is 5.97 Å². The number of carbonyl (C=O) groups excluding carboxylic acids is 2.